The van der Waals surface area contributed by atoms with Crippen LogP contribution < -0.4 is 5.32 Å². The van der Waals surface area contributed by atoms with Gasteiger partial charge in [-0.15, -0.1) is 0 Å². The number of aliphatic carboxylic acids is 1. The smallest absolute Gasteiger partial charge is 0.326 e. The second kappa shape index (κ2) is 4.86. The summed E-state index contributed by atoms with van der Waals surface area (Å²) in [4.78, 5) is 23.9. The number of carboxylic acid groups (broad SMARTS) is 1. The van der Waals surface area contributed by atoms with Crippen molar-refractivity contribution in [3.05, 3.63) is 34.9 Å². The summed E-state index contributed by atoms with van der Waals surface area (Å²) in [5.41, 5.74) is 0.910. The van der Waals surface area contributed by atoms with Gasteiger partial charge in [0, 0.05) is 11.6 Å². The van der Waals surface area contributed by atoms with E-state index in [0.29, 0.717) is 11.6 Å². The van der Waals surface area contributed by atoms with Crippen LogP contribution in [0.15, 0.2) is 24.3 Å². The second-order valence-electron chi connectivity index (χ2n) is 4.22. The summed E-state index contributed by atoms with van der Waals surface area (Å²) in [5, 5.41) is 12.3. The molecule has 0 radical (unpaired) electrons. The van der Waals surface area contributed by atoms with Crippen molar-refractivity contribution in [2.24, 2.45) is 0 Å². The average Bonchev–Trinajstić information content (AvgIpc) is 2.71. The number of halogens is 1. The van der Waals surface area contributed by atoms with Gasteiger partial charge < -0.3 is 15.3 Å². The summed E-state index contributed by atoms with van der Waals surface area (Å²) >= 11 is 5.79. The standard InChI is InChI=1S/C12H13ClN2O3/c1-7(11(16)17)15-6-10(14-12(15)18)8-2-4-9(13)5-3-8/h2-5,7,10H,6H2,1H3,(H,14,18)(H,16,17). The molecule has 0 bridgehead atoms. The van der Waals surface area contributed by atoms with Crippen molar-refractivity contribution in [3.63, 3.8) is 0 Å². The van der Waals surface area contributed by atoms with E-state index < -0.39 is 12.0 Å². The molecule has 1 aromatic carbocycles. The first-order valence-corrected chi connectivity index (χ1v) is 5.92. The van der Waals surface area contributed by atoms with E-state index in [2.05, 4.69) is 5.32 Å². The minimum atomic E-state index is -1.01. The third-order valence-electron chi connectivity index (χ3n) is 3.04. The molecule has 2 unspecified atom stereocenters. The Bertz CT molecular complexity index is 475. The molecule has 2 N–H and O–H groups in total. The van der Waals surface area contributed by atoms with Gasteiger partial charge in [0.1, 0.15) is 6.04 Å². The van der Waals surface area contributed by atoms with Crippen molar-refractivity contribution in [1.82, 2.24) is 10.2 Å². The molecule has 1 fully saturated rings. The van der Waals surface area contributed by atoms with E-state index in [1.54, 1.807) is 12.1 Å². The number of carboxylic acids is 1. The number of hydrogen-bond donors (Lipinski definition) is 2. The summed E-state index contributed by atoms with van der Waals surface area (Å²) in [6.07, 6.45) is 0. The molecular formula is C12H13ClN2O3. The fraction of sp³-hybridized carbons (Fsp3) is 0.333. The van der Waals surface area contributed by atoms with Crippen molar-refractivity contribution in [2.75, 3.05) is 6.54 Å². The number of nitrogens with zero attached hydrogens (tertiary/aromatic N) is 1. The molecule has 1 aliphatic rings. The van der Waals surface area contributed by atoms with Gasteiger partial charge in [-0.05, 0) is 24.6 Å². The molecule has 1 aromatic rings. The van der Waals surface area contributed by atoms with Crippen molar-refractivity contribution in [2.45, 2.75) is 19.0 Å². The lowest BCUT2D eigenvalue weighted by Crippen LogP contribution is -2.40. The van der Waals surface area contributed by atoms with Gasteiger partial charge in [0.2, 0.25) is 0 Å². The monoisotopic (exact) mass is 268 g/mol. The van der Waals surface area contributed by atoms with Crippen LogP contribution >= 0.6 is 11.6 Å². The largest absolute Gasteiger partial charge is 0.480 e. The molecule has 1 heterocycles. The molecule has 2 atom stereocenters. The third kappa shape index (κ3) is 2.41. The topological polar surface area (TPSA) is 69.6 Å². The lowest BCUT2D eigenvalue weighted by Gasteiger charge is -2.19. The SMILES string of the molecule is CC(C(=O)O)N1CC(c2ccc(Cl)cc2)NC1=O. The highest BCUT2D eigenvalue weighted by atomic mass is 35.5. The molecule has 1 saturated heterocycles. The quantitative estimate of drug-likeness (QED) is 0.879. The minimum Gasteiger partial charge on any atom is -0.480 e. The molecule has 0 aliphatic carbocycles. The maximum atomic E-state index is 11.7. The summed E-state index contributed by atoms with van der Waals surface area (Å²) < 4.78 is 0. The molecule has 6 heteroatoms. The van der Waals surface area contributed by atoms with Crippen LogP contribution in [0, 0.1) is 0 Å². The van der Waals surface area contributed by atoms with Gasteiger partial charge in [0.25, 0.3) is 0 Å². The van der Waals surface area contributed by atoms with E-state index in [9.17, 15) is 9.59 Å². The zero-order valence-corrected chi connectivity index (χ0v) is 10.5. The Morgan fingerprint density at radius 2 is 2.11 bits per heavy atom. The third-order valence-corrected chi connectivity index (χ3v) is 3.29. The summed E-state index contributed by atoms with van der Waals surface area (Å²) in [6, 6.07) is 5.74. The Labute approximate surface area is 109 Å². The van der Waals surface area contributed by atoms with Gasteiger partial charge in [-0.25, -0.2) is 9.59 Å². The van der Waals surface area contributed by atoms with Gasteiger partial charge in [-0.2, -0.15) is 0 Å². The Kier molecular flexibility index (Phi) is 3.43. The highest BCUT2D eigenvalue weighted by molar-refractivity contribution is 6.30. The van der Waals surface area contributed by atoms with E-state index in [1.807, 2.05) is 12.1 Å². The predicted octanol–water partition coefficient (Wildman–Crippen LogP) is 1.88. The number of carbonyl (C=O) groups excluding carboxylic acids is 1. The van der Waals surface area contributed by atoms with Crippen molar-refractivity contribution >= 4 is 23.6 Å². The van der Waals surface area contributed by atoms with Crippen molar-refractivity contribution in [3.8, 4) is 0 Å². The molecular weight excluding hydrogens is 256 g/mol. The summed E-state index contributed by atoms with van der Waals surface area (Å²) in [7, 11) is 0. The van der Waals surface area contributed by atoms with Gasteiger partial charge in [-0.1, -0.05) is 23.7 Å². The van der Waals surface area contributed by atoms with E-state index in [-0.39, 0.29) is 12.1 Å². The molecule has 2 rings (SSSR count). The van der Waals surface area contributed by atoms with Crippen molar-refractivity contribution < 1.29 is 14.7 Å². The lowest BCUT2D eigenvalue weighted by atomic mass is 10.1. The molecule has 96 valence electrons. The number of urea groups is 1. The number of benzene rings is 1. The number of carbonyl (C=O) groups is 2. The first-order chi connectivity index (χ1) is 8.49. The van der Waals surface area contributed by atoms with Crippen molar-refractivity contribution in [1.29, 1.82) is 0 Å². The number of nitrogens with one attached hydrogen (secondary N) is 1. The molecule has 0 saturated carbocycles. The lowest BCUT2D eigenvalue weighted by molar-refractivity contribution is -0.141. The number of amides is 2. The molecule has 0 spiro atoms. The fourth-order valence-electron chi connectivity index (χ4n) is 1.91. The van der Waals surface area contributed by atoms with Crippen LogP contribution in [0.25, 0.3) is 0 Å². The zero-order valence-electron chi connectivity index (χ0n) is 9.76. The van der Waals surface area contributed by atoms with E-state index >= 15 is 0 Å². The zero-order chi connectivity index (χ0) is 13.3. The first-order valence-electron chi connectivity index (χ1n) is 5.54. The minimum absolute atomic E-state index is 0.198. The molecule has 1 aliphatic heterocycles. The molecule has 0 aromatic heterocycles. The van der Waals surface area contributed by atoms with Crippen LogP contribution in [0.2, 0.25) is 5.02 Å². The Balaban J connectivity index is 2.13. The number of hydrogen-bond acceptors (Lipinski definition) is 2. The van der Waals surface area contributed by atoms with Crippen LogP contribution in [0.3, 0.4) is 0 Å². The van der Waals surface area contributed by atoms with Gasteiger partial charge in [0.05, 0.1) is 6.04 Å². The highest BCUT2D eigenvalue weighted by Gasteiger charge is 2.35. The summed E-state index contributed by atoms with van der Waals surface area (Å²) in [5.74, 6) is -1.01. The van der Waals surface area contributed by atoms with Gasteiger partial charge in [0.15, 0.2) is 0 Å². The molecule has 18 heavy (non-hydrogen) atoms. The Hall–Kier alpha value is -1.75. The van der Waals surface area contributed by atoms with Gasteiger partial charge >= 0.3 is 12.0 Å². The maximum Gasteiger partial charge on any atom is 0.326 e. The molecule has 5 nitrogen and oxygen atoms in total. The maximum absolute atomic E-state index is 11.7. The van der Waals surface area contributed by atoms with Crippen LogP contribution in [-0.4, -0.2) is 34.6 Å². The highest BCUT2D eigenvalue weighted by Crippen LogP contribution is 2.23. The van der Waals surface area contributed by atoms with Crippen LogP contribution in [-0.2, 0) is 4.79 Å². The Morgan fingerprint density at radius 3 is 2.67 bits per heavy atom. The van der Waals surface area contributed by atoms with Crippen LogP contribution in [0.1, 0.15) is 18.5 Å². The van der Waals surface area contributed by atoms with E-state index in [0.717, 1.165) is 5.56 Å². The first kappa shape index (κ1) is 12.7. The Morgan fingerprint density at radius 1 is 1.50 bits per heavy atom. The normalized spacial score (nSPS) is 20.7. The van der Waals surface area contributed by atoms with Crippen LogP contribution in [0.5, 0.6) is 0 Å². The molecule has 2 amide bonds. The summed E-state index contributed by atoms with van der Waals surface area (Å²) in [6.45, 7) is 1.83. The van der Waals surface area contributed by atoms with Gasteiger partial charge in [-0.3, -0.25) is 0 Å². The van der Waals surface area contributed by atoms with E-state index in [1.165, 1.54) is 11.8 Å². The second-order valence-corrected chi connectivity index (χ2v) is 4.66. The van der Waals surface area contributed by atoms with Crippen LogP contribution in [0.4, 0.5) is 4.79 Å². The predicted molar refractivity (Wildman–Crippen MR) is 66.5 cm³/mol. The number of rotatable bonds is 3. The van der Waals surface area contributed by atoms with E-state index in [4.69, 9.17) is 16.7 Å². The average molecular weight is 269 g/mol. The fourth-order valence-corrected chi connectivity index (χ4v) is 2.03.